The number of carbonyl (C=O) groups excluding carboxylic acids is 2. The summed E-state index contributed by atoms with van der Waals surface area (Å²) >= 11 is 0. The number of hydrogen-bond acceptors (Lipinski definition) is 4. The van der Waals surface area contributed by atoms with Gasteiger partial charge in [-0.15, -0.1) is 0 Å². The average molecular weight is 342 g/mol. The van der Waals surface area contributed by atoms with E-state index >= 15 is 0 Å². The summed E-state index contributed by atoms with van der Waals surface area (Å²) < 4.78 is 10.5. The van der Waals surface area contributed by atoms with Crippen LogP contribution in [0.5, 0.6) is 11.5 Å². The van der Waals surface area contributed by atoms with Crippen molar-refractivity contribution in [3.8, 4) is 11.5 Å². The summed E-state index contributed by atoms with van der Waals surface area (Å²) in [7, 11) is 3.17. The Morgan fingerprint density at radius 3 is 2.40 bits per heavy atom. The molecule has 0 saturated carbocycles. The van der Waals surface area contributed by atoms with Crippen molar-refractivity contribution in [1.29, 1.82) is 0 Å². The molecule has 2 amide bonds. The van der Waals surface area contributed by atoms with Crippen LogP contribution < -0.4 is 20.1 Å². The standard InChI is InChI=1S/C19H22N2O4/c1-13(22)21-16-7-5-4-6-15(16)19(23)20-11-10-14-8-9-17(24-2)18(12-14)25-3/h4-9,12H,10-11H2,1-3H3,(H,20,23)(H,21,22). The Balaban J connectivity index is 1.98. The fourth-order valence-electron chi connectivity index (χ4n) is 2.43. The van der Waals surface area contributed by atoms with Crippen molar-refractivity contribution in [3.63, 3.8) is 0 Å². The normalized spacial score (nSPS) is 10.0. The van der Waals surface area contributed by atoms with Gasteiger partial charge in [-0.1, -0.05) is 18.2 Å². The van der Waals surface area contributed by atoms with Crippen LogP contribution in [0.25, 0.3) is 0 Å². The molecule has 0 spiro atoms. The fraction of sp³-hybridized carbons (Fsp3) is 0.263. The topological polar surface area (TPSA) is 76.7 Å². The minimum absolute atomic E-state index is 0.217. The second kappa shape index (κ2) is 8.73. The maximum atomic E-state index is 12.4. The number of ether oxygens (including phenoxy) is 2. The first-order chi connectivity index (χ1) is 12.0. The molecule has 0 bridgehead atoms. The minimum atomic E-state index is -0.232. The van der Waals surface area contributed by atoms with Crippen LogP contribution in [0, 0.1) is 0 Å². The number of nitrogens with one attached hydrogen (secondary N) is 2. The SMILES string of the molecule is COc1ccc(CCNC(=O)c2ccccc2NC(C)=O)cc1OC. The molecule has 132 valence electrons. The van der Waals surface area contributed by atoms with Crippen molar-refractivity contribution in [1.82, 2.24) is 5.32 Å². The van der Waals surface area contributed by atoms with E-state index in [2.05, 4.69) is 10.6 Å². The van der Waals surface area contributed by atoms with E-state index in [1.807, 2.05) is 18.2 Å². The zero-order valence-corrected chi connectivity index (χ0v) is 14.6. The molecule has 2 aromatic rings. The second-order valence-electron chi connectivity index (χ2n) is 5.42. The molecule has 2 rings (SSSR count). The predicted molar refractivity (Wildman–Crippen MR) is 96.3 cm³/mol. The van der Waals surface area contributed by atoms with Crippen LogP contribution in [-0.2, 0) is 11.2 Å². The van der Waals surface area contributed by atoms with Crippen LogP contribution in [0.3, 0.4) is 0 Å². The van der Waals surface area contributed by atoms with Gasteiger partial charge in [0.2, 0.25) is 5.91 Å². The van der Waals surface area contributed by atoms with Crippen LogP contribution in [0.4, 0.5) is 5.69 Å². The first-order valence-electron chi connectivity index (χ1n) is 7.91. The highest BCUT2D eigenvalue weighted by atomic mass is 16.5. The molecule has 25 heavy (non-hydrogen) atoms. The van der Waals surface area contributed by atoms with E-state index < -0.39 is 0 Å². The molecular weight excluding hydrogens is 320 g/mol. The van der Waals surface area contributed by atoms with Gasteiger partial charge in [-0.25, -0.2) is 0 Å². The Bertz CT molecular complexity index is 759. The van der Waals surface area contributed by atoms with E-state index in [4.69, 9.17) is 9.47 Å². The summed E-state index contributed by atoms with van der Waals surface area (Å²) in [6, 6.07) is 12.6. The number of benzene rings is 2. The molecule has 0 aromatic heterocycles. The lowest BCUT2D eigenvalue weighted by atomic mass is 10.1. The third kappa shape index (κ3) is 4.97. The van der Waals surface area contributed by atoms with E-state index in [1.165, 1.54) is 6.92 Å². The van der Waals surface area contributed by atoms with Gasteiger partial charge < -0.3 is 20.1 Å². The monoisotopic (exact) mass is 342 g/mol. The Labute approximate surface area is 147 Å². The summed E-state index contributed by atoms with van der Waals surface area (Å²) in [6.07, 6.45) is 0.647. The van der Waals surface area contributed by atoms with E-state index in [-0.39, 0.29) is 11.8 Å². The van der Waals surface area contributed by atoms with Gasteiger partial charge in [-0.2, -0.15) is 0 Å². The number of rotatable bonds is 7. The van der Waals surface area contributed by atoms with Crippen LogP contribution in [-0.4, -0.2) is 32.6 Å². The lowest BCUT2D eigenvalue weighted by Crippen LogP contribution is -2.27. The van der Waals surface area contributed by atoms with E-state index in [0.29, 0.717) is 35.7 Å². The Kier molecular flexibility index (Phi) is 6.39. The van der Waals surface area contributed by atoms with Gasteiger partial charge in [0.25, 0.3) is 5.91 Å². The lowest BCUT2D eigenvalue weighted by molar-refractivity contribution is -0.114. The number of carbonyl (C=O) groups is 2. The highest BCUT2D eigenvalue weighted by Gasteiger charge is 2.11. The maximum Gasteiger partial charge on any atom is 0.253 e. The summed E-state index contributed by atoms with van der Waals surface area (Å²) in [6.45, 7) is 1.87. The molecule has 6 nitrogen and oxygen atoms in total. The average Bonchev–Trinajstić information content (AvgIpc) is 2.61. The van der Waals surface area contributed by atoms with Crippen LogP contribution in [0.15, 0.2) is 42.5 Å². The van der Waals surface area contributed by atoms with Gasteiger partial charge in [0, 0.05) is 13.5 Å². The molecular formula is C19H22N2O4. The van der Waals surface area contributed by atoms with Crippen molar-refractivity contribution in [2.75, 3.05) is 26.1 Å². The lowest BCUT2D eigenvalue weighted by Gasteiger charge is -2.11. The van der Waals surface area contributed by atoms with Crippen molar-refractivity contribution in [2.24, 2.45) is 0 Å². The van der Waals surface area contributed by atoms with Crippen molar-refractivity contribution in [3.05, 3.63) is 53.6 Å². The zero-order chi connectivity index (χ0) is 18.2. The van der Waals surface area contributed by atoms with Gasteiger partial charge in [-0.05, 0) is 36.2 Å². The first kappa shape index (κ1) is 18.3. The highest BCUT2D eigenvalue weighted by Crippen LogP contribution is 2.27. The van der Waals surface area contributed by atoms with Crippen LogP contribution in [0.1, 0.15) is 22.8 Å². The minimum Gasteiger partial charge on any atom is -0.493 e. The molecule has 0 heterocycles. The summed E-state index contributed by atoms with van der Waals surface area (Å²) in [4.78, 5) is 23.6. The van der Waals surface area contributed by atoms with Crippen LogP contribution in [0.2, 0.25) is 0 Å². The molecule has 2 aromatic carbocycles. The predicted octanol–water partition coefficient (Wildman–Crippen LogP) is 2.63. The van der Waals surface area contributed by atoms with Gasteiger partial charge in [0.1, 0.15) is 0 Å². The molecule has 0 aliphatic heterocycles. The number of anilines is 1. The van der Waals surface area contributed by atoms with Gasteiger partial charge in [-0.3, -0.25) is 9.59 Å². The fourth-order valence-corrected chi connectivity index (χ4v) is 2.43. The number of amides is 2. The van der Waals surface area contributed by atoms with E-state index in [9.17, 15) is 9.59 Å². The Morgan fingerprint density at radius 2 is 1.72 bits per heavy atom. The van der Waals surface area contributed by atoms with Crippen molar-refractivity contribution < 1.29 is 19.1 Å². The summed E-state index contributed by atoms with van der Waals surface area (Å²) in [5.74, 6) is 0.872. The molecule has 0 saturated heterocycles. The number of methoxy groups -OCH3 is 2. The van der Waals surface area contributed by atoms with Gasteiger partial charge >= 0.3 is 0 Å². The third-order valence-electron chi connectivity index (χ3n) is 3.63. The molecule has 0 radical (unpaired) electrons. The zero-order valence-electron chi connectivity index (χ0n) is 14.6. The molecule has 0 unspecified atom stereocenters. The summed E-state index contributed by atoms with van der Waals surface area (Å²) in [5.41, 5.74) is 1.96. The Hall–Kier alpha value is -3.02. The molecule has 2 N–H and O–H groups in total. The van der Waals surface area contributed by atoms with Crippen LogP contribution >= 0.6 is 0 Å². The number of hydrogen-bond donors (Lipinski definition) is 2. The van der Waals surface area contributed by atoms with E-state index in [0.717, 1.165) is 5.56 Å². The maximum absolute atomic E-state index is 12.4. The highest BCUT2D eigenvalue weighted by molar-refractivity contribution is 6.03. The molecule has 0 atom stereocenters. The van der Waals surface area contributed by atoms with Crippen molar-refractivity contribution >= 4 is 17.5 Å². The molecule has 0 fully saturated rings. The molecule has 0 aliphatic rings. The smallest absolute Gasteiger partial charge is 0.253 e. The van der Waals surface area contributed by atoms with Gasteiger partial charge in [0.05, 0.1) is 25.5 Å². The quantitative estimate of drug-likeness (QED) is 0.811. The van der Waals surface area contributed by atoms with E-state index in [1.54, 1.807) is 38.5 Å². The van der Waals surface area contributed by atoms with Crippen molar-refractivity contribution in [2.45, 2.75) is 13.3 Å². The summed E-state index contributed by atoms with van der Waals surface area (Å²) in [5, 5.41) is 5.52. The first-order valence-corrected chi connectivity index (χ1v) is 7.91. The Morgan fingerprint density at radius 1 is 1.00 bits per heavy atom. The largest absolute Gasteiger partial charge is 0.493 e. The molecule has 6 heteroatoms. The van der Waals surface area contributed by atoms with Gasteiger partial charge in [0.15, 0.2) is 11.5 Å². The third-order valence-corrected chi connectivity index (χ3v) is 3.63. The second-order valence-corrected chi connectivity index (χ2v) is 5.42. The molecule has 0 aliphatic carbocycles. The number of para-hydroxylation sites is 1.